The standard InChI is InChI=1S/C31H40O3/c1-9-10-11-12-22-13-14-24(32)26-20(5)27-28(33)31(34)21(6)25(18(2)3)19(4)15-30(31,8)17-29(27,7)16-23(22)26/h13-14,32-34H,2,5-6,9-12,15-17H2,1,3-4,7-8H3/t29-,30+,31+/m1/s1. The molecular weight excluding hydrogens is 420 g/mol. The van der Waals surface area contributed by atoms with E-state index in [1.54, 1.807) is 6.07 Å². The summed E-state index contributed by atoms with van der Waals surface area (Å²) in [5, 5.41) is 34.9. The van der Waals surface area contributed by atoms with E-state index in [1.807, 2.05) is 13.0 Å². The number of unbranched alkanes of at least 4 members (excludes halogenated alkanes) is 2. The summed E-state index contributed by atoms with van der Waals surface area (Å²) in [6.07, 6.45) is 6.43. The number of aliphatic hydroxyl groups excluding tert-OH is 1. The molecule has 3 heteroatoms. The molecule has 0 aromatic heterocycles. The molecule has 0 bridgehead atoms. The van der Waals surface area contributed by atoms with Crippen LogP contribution in [0.2, 0.25) is 0 Å². The van der Waals surface area contributed by atoms with E-state index in [4.69, 9.17) is 0 Å². The predicted molar refractivity (Wildman–Crippen MR) is 141 cm³/mol. The van der Waals surface area contributed by atoms with Gasteiger partial charge in [-0.25, -0.2) is 0 Å². The van der Waals surface area contributed by atoms with Crippen molar-refractivity contribution in [1.29, 1.82) is 0 Å². The summed E-state index contributed by atoms with van der Waals surface area (Å²) in [5.74, 6) is 0.120. The Labute approximate surface area is 204 Å². The highest BCUT2D eigenvalue weighted by Gasteiger charge is 2.63. The number of rotatable bonds is 5. The zero-order valence-corrected chi connectivity index (χ0v) is 21.6. The normalized spacial score (nSPS) is 30.8. The number of benzene rings is 1. The lowest BCUT2D eigenvalue weighted by Gasteiger charge is -2.59. The first kappa shape index (κ1) is 24.6. The van der Waals surface area contributed by atoms with Crippen LogP contribution < -0.4 is 0 Å². The lowest BCUT2D eigenvalue weighted by atomic mass is 9.47. The van der Waals surface area contributed by atoms with Crippen LogP contribution in [0, 0.1) is 10.8 Å². The van der Waals surface area contributed by atoms with Crippen LogP contribution in [0.5, 0.6) is 5.75 Å². The Morgan fingerprint density at radius 1 is 1.09 bits per heavy atom. The first-order valence-corrected chi connectivity index (χ1v) is 12.6. The lowest BCUT2D eigenvalue weighted by Crippen LogP contribution is -2.59. The fraction of sp³-hybridized carbons (Fsp3) is 0.484. The molecule has 3 atom stereocenters. The number of hydrogen-bond donors (Lipinski definition) is 3. The van der Waals surface area contributed by atoms with Crippen molar-refractivity contribution in [3.63, 3.8) is 0 Å². The van der Waals surface area contributed by atoms with Gasteiger partial charge in [-0.2, -0.15) is 0 Å². The number of phenols is 1. The number of fused-ring (bicyclic) bond motifs is 3. The first-order chi connectivity index (χ1) is 15.8. The van der Waals surface area contributed by atoms with Crippen molar-refractivity contribution < 1.29 is 15.3 Å². The quantitative estimate of drug-likeness (QED) is 0.399. The van der Waals surface area contributed by atoms with E-state index >= 15 is 0 Å². The van der Waals surface area contributed by atoms with Crippen LogP contribution in [0.25, 0.3) is 5.57 Å². The number of hydrogen-bond acceptors (Lipinski definition) is 3. The highest BCUT2D eigenvalue weighted by Crippen LogP contribution is 2.66. The second-order valence-electron chi connectivity index (χ2n) is 11.5. The monoisotopic (exact) mass is 460 g/mol. The van der Waals surface area contributed by atoms with Crippen molar-refractivity contribution in [2.75, 3.05) is 0 Å². The largest absolute Gasteiger partial charge is 0.509 e. The molecule has 0 fully saturated rings. The molecule has 0 heterocycles. The Kier molecular flexibility index (Phi) is 5.80. The molecule has 1 aromatic rings. The Bertz CT molecular complexity index is 1180. The van der Waals surface area contributed by atoms with E-state index in [2.05, 4.69) is 47.4 Å². The third-order valence-corrected chi connectivity index (χ3v) is 8.69. The number of allylic oxidation sites excluding steroid dienone is 4. The van der Waals surface area contributed by atoms with Crippen molar-refractivity contribution in [1.82, 2.24) is 0 Å². The van der Waals surface area contributed by atoms with Gasteiger partial charge in [0.25, 0.3) is 0 Å². The van der Waals surface area contributed by atoms with Crippen molar-refractivity contribution in [3.8, 4) is 5.75 Å². The average molecular weight is 461 g/mol. The van der Waals surface area contributed by atoms with Gasteiger partial charge in [-0.3, -0.25) is 0 Å². The molecule has 0 aliphatic heterocycles. The van der Waals surface area contributed by atoms with Crippen molar-refractivity contribution in [3.05, 3.63) is 82.2 Å². The van der Waals surface area contributed by atoms with Crippen molar-refractivity contribution >= 4 is 5.57 Å². The summed E-state index contributed by atoms with van der Waals surface area (Å²) < 4.78 is 0. The minimum absolute atomic E-state index is 0.0635. The number of aliphatic hydroxyl groups is 2. The summed E-state index contributed by atoms with van der Waals surface area (Å²) in [5.41, 5.74) is 5.09. The summed E-state index contributed by atoms with van der Waals surface area (Å²) in [6, 6.07) is 3.79. The topological polar surface area (TPSA) is 60.7 Å². The molecule has 0 saturated heterocycles. The second-order valence-corrected chi connectivity index (χ2v) is 11.5. The molecule has 1 aromatic carbocycles. The van der Waals surface area contributed by atoms with Gasteiger partial charge in [0.1, 0.15) is 11.5 Å². The minimum Gasteiger partial charge on any atom is -0.509 e. The summed E-state index contributed by atoms with van der Waals surface area (Å²) in [7, 11) is 0. The zero-order chi connectivity index (χ0) is 25.2. The molecule has 34 heavy (non-hydrogen) atoms. The molecule has 182 valence electrons. The molecule has 4 rings (SSSR count). The number of phenolic OH excluding ortho intramolecular Hbond substituents is 1. The van der Waals surface area contributed by atoms with Crippen molar-refractivity contribution in [2.24, 2.45) is 10.8 Å². The third kappa shape index (κ3) is 3.20. The maximum Gasteiger partial charge on any atom is 0.152 e. The van der Waals surface area contributed by atoms with Gasteiger partial charge in [0.15, 0.2) is 5.60 Å². The van der Waals surface area contributed by atoms with Crippen LogP contribution in [-0.2, 0) is 12.8 Å². The van der Waals surface area contributed by atoms with Crippen LogP contribution in [0.4, 0.5) is 0 Å². The van der Waals surface area contributed by atoms with Gasteiger partial charge in [-0.1, -0.05) is 70.6 Å². The maximum absolute atomic E-state index is 12.2. The van der Waals surface area contributed by atoms with Crippen LogP contribution in [0.3, 0.4) is 0 Å². The average Bonchev–Trinajstić information content (AvgIpc) is 2.72. The van der Waals surface area contributed by atoms with Crippen LogP contribution in [0.15, 0.2) is 65.5 Å². The number of aryl methyl sites for hydroxylation is 1. The van der Waals surface area contributed by atoms with Gasteiger partial charge < -0.3 is 15.3 Å². The Morgan fingerprint density at radius 2 is 1.76 bits per heavy atom. The first-order valence-electron chi connectivity index (χ1n) is 12.6. The molecule has 3 aliphatic carbocycles. The van der Waals surface area contributed by atoms with Crippen LogP contribution >= 0.6 is 0 Å². The molecule has 0 radical (unpaired) electrons. The molecule has 0 unspecified atom stereocenters. The van der Waals surface area contributed by atoms with E-state index in [-0.39, 0.29) is 11.5 Å². The van der Waals surface area contributed by atoms with E-state index in [1.165, 1.54) is 12.0 Å². The fourth-order valence-electron chi connectivity index (χ4n) is 7.45. The second kappa shape index (κ2) is 8.02. The summed E-state index contributed by atoms with van der Waals surface area (Å²) in [6.45, 7) is 23.2. The van der Waals surface area contributed by atoms with E-state index < -0.39 is 16.4 Å². The van der Waals surface area contributed by atoms with Gasteiger partial charge in [0, 0.05) is 22.0 Å². The maximum atomic E-state index is 12.2. The fourth-order valence-corrected chi connectivity index (χ4v) is 7.45. The van der Waals surface area contributed by atoms with Gasteiger partial charge in [-0.05, 0) is 79.9 Å². The predicted octanol–water partition coefficient (Wildman–Crippen LogP) is 7.51. The van der Waals surface area contributed by atoms with E-state index in [0.717, 1.165) is 41.5 Å². The SMILES string of the molecule is C=C(C)C1=C(C)C[C@@]2(C)C[C@@]3(C)Cc4c(CCCCC)ccc(O)c4C(=C)C3=C(O)[C@@]2(O)C1=C. The molecule has 0 amide bonds. The Hall–Kier alpha value is -2.52. The smallest absolute Gasteiger partial charge is 0.152 e. The molecule has 3 aliphatic rings. The Morgan fingerprint density at radius 3 is 2.38 bits per heavy atom. The van der Waals surface area contributed by atoms with Gasteiger partial charge in [0.05, 0.1) is 0 Å². The lowest BCUT2D eigenvalue weighted by molar-refractivity contribution is -0.0813. The van der Waals surface area contributed by atoms with Crippen molar-refractivity contribution in [2.45, 2.75) is 85.2 Å². The van der Waals surface area contributed by atoms with Crippen LogP contribution in [0.1, 0.15) is 83.4 Å². The molecule has 3 N–H and O–H groups in total. The number of aromatic hydroxyl groups is 1. The molecule has 3 nitrogen and oxygen atoms in total. The van der Waals surface area contributed by atoms with Gasteiger partial charge in [0.2, 0.25) is 0 Å². The summed E-state index contributed by atoms with van der Waals surface area (Å²) in [4.78, 5) is 0. The highest BCUT2D eigenvalue weighted by atomic mass is 16.3. The molecule has 0 saturated carbocycles. The van der Waals surface area contributed by atoms with Gasteiger partial charge in [-0.15, -0.1) is 0 Å². The molecular formula is C31H40O3. The van der Waals surface area contributed by atoms with Crippen LogP contribution in [-0.4, -0.2) is 20.9 Å². The Balaban J connectivity index is 1.93. The van der Waals surface area contributed by atoms with E-state index in [9.17, 15) is 15.3 Å². The highest BCUT2D eigenvalue weighted by molar-refractivity contribution is 5.88. The van der Waals surface area contributed by atoms with E-state index in [0.29, 0.717) is 41.5 Å². The minimum atomic E-state index is -1.61. The molecule has 0 spiro atoms. The van der Waals surface area contributed by atoms with Gasteiger partial charge >= 0.3 is 0 Å². The summed E-state index contributed by atoms with van der Waals surface area (Å²) >= 11 is 0. The third-order valence-electron chi connectivity index (χ3n) is 8.69. The zero-order valence-electron chi connectivity index (χ0n) is 21.6.